The average molecular weight is 384 g/mol. The van der Waals surface area contributed by atoms with Crippen molar-refractivity contribution in [1.29, 1.82) is 0 Å². The molecule has 0 radical (unpaired) electrons. The van der Waals surface area contributed by atoms with Crippen LogP contribution in [0.4, 0.5) is 0 Å². The molecule has 0 aromatic heterocycles. The number of aryl methyl sites for hydroxylation is 2. The van der Waals surface area contributed by atoms with Gasteiger partial charge in [-0.1, -0.05) is 49.4 Å². The molecule has 29 heavy (non-hydrogen) atoms. The van der Waals surface area contributed by atoms with E-state index in [4.69, 9.17) is 9.47 Å². The van der Waals surface area contributed by atoms with Crippen LogP contribution in [0.3, 0.4) is 0 Å². The summed E-state index contributed by atoms with van der Waals surface area (Å²) in [7, 11) is 0. The molecule has 4 nitrogen and oxygen atoms in total. The van der Waals surface area contributed by atoms with Gasteiger partial charge in [-0.3, -0.25) is 4.79 Å². The van der Waals surface area contributed by atoms with E-state index in [9.17, 15) is 9.59 Å². The van der Waals surface area contributed by atoms with Crippen LogP contribution < -0.4 is 9.47 Å². The van der Waals surface area contributed by atoms with Crippen molar-refractivity contribution in [3.8, 4) is 11.5 Å². The average Bonchev–Trinajstić information content (AvgIpc) is 3.03. The molecule has 4 heteroatoms. The van der Waals surface area contributed by atoms with Crippen molar-refractivity contribution < 1.29 is 19.1 Å². The van der Waals surface area contributed by atoms with Gasteiger partial charge < -0.3 is 9.47 Å². The molecule has 0 spiro atoms. The van der Waals surface area contributed by atoms with Gasteiger partial charge in [-0.05, 0) is 54.3 Å². The number of fused-ring (bicyclic) bond motifs is 1. The number of hydrogen-bond donors (Lipinski definition) is 0. The summed E-state index contributed by atoms with van der Waals surface area (Å²) in [5, 5.41) is 0. The number of ether oxygens (including phenoxy) is 2. The zero-order valence-corrected chi connectivity index (χ0v) is 16.3. The molecule has 1 aliphatic rings. The summed E-state index contributed by atoms with van der Waals surface area (Å²) in [5.74, 6) is 0.349. The molecule has 3 aromatic carbocycles. The molecular weight excluding hydrogens is 364 g/mol. The monoisotopic (exact) mass is 384 g/mol. The number of Topliss-reactive ketones (excluding diaryl/α,β-unsaturated/α-hetero) is 1. The number of carbonyl (C=O) groups is 2. The first-order valence-corrected chi connectivity index (χ1v) is 9.50. The minimum atomic E-state index is -0.445. The summed E-state index contributed by atoms with van der Waals surface area (Å²) >= 11 is 0. The van der Waals surface area contributed by atoms with Crippen LogP contribution >= 0.6 is 0 Å². The van der Waals surface area contributed by atoms with Gasteiger partial charge in [0.05, 0.1) is 11.1 Å². The van der Waals surface area contributed by atoms with Crippen molar-refractivity contribution in [2.24, 2.45) is 0 Å². The fourth-order valence-corrected chi connectivity index (χ4v) is 3.20. The Bertz CT molecular complexity index is 1120. The van der Waals surface area contributed by atoms with Crippen molar-refractivity contribution in [3.63, 3.8) is 0 Å². The number of hydrogen-bond acceptors (Lipinski definition) is 4. The number of carbonyl (C=O) groups excluding carboxylic acids is 2. The van der Waals surface area contributed by atoms with Gasteiger partial charge in [-0.25, -0.2) is 4.79 Å². The molecule has 144 valence electrons. The minimum absolute atomic E-state index is 0.184. The molecule has 0 bridgehead atoms. The molecular formula is C25H20O4. The molecule has 0 amide bonds. The normalized spacial score (nSPS) is 13.9. The van der Waals surface area contributed by atoms with E-state index < -0.39 is 5.97 Å². The van der Waals surface area contributed by atoms with Gasteiger partial charge in [0.2, 0.25) is 5.78 Å². The third-order valence-corrected chi connectivity index (χ3v) is 4.90. The predicted molar refractivity (Wildman–Crippen MR) is 111 cm³/mol. The third kappa shape index (κ3) is 3.83. The lowest BCUT2D eigenvalue weighted by Crippen LogP contribution is -2.10. The summed E-state index contributed by atoms with van der Waals surface area (Å²) in [6.07, 6.45) is 2.68. The summed E-state index contributed by atoms with van der Waals surface area (Å²) in [5.41, 5.74) is 3.92. The van der Waals surface area contributed by atoms with Gasteiger partial charge in [0.15, 0.2) is 5.76 Å². The Morgan fingerprint density at radius 3 is 2.52 bits per heavy atom. The minimum Gasteiger partial charge on any atom is -0.452 e. The van der Waals surface area contributed by atoms with Crippen molar-refractivity contribution >= 4 is 17.8 Å². The lowest BCUT2D eigenvalue weighted by Gasteiger charge is -2.07. The van der Waals surface area contributed by atoms with Gasteiger partial charge >= 0.3 is 5.97 Å². The smallest absolute Gasteiger partial charge is 0.343 e. The van der Waals surface area contributed by atoms with Crippen molar-refractivity contribution in [1.82, 2.24) is 0 Å². The summed E-state index contributed by atoms with van der Waals surface area (Å²) in [4.78, 5) is 25.0. The first-order valence-electron chi connectivity index (χ1n) is 9.50. The van der Waals surface area contributed by atoms with Crippen LogP contribution in [-0.2, 0) is 6.42 Å². The second kappa shape index (κ2) is 7.76. The van der Waals surface area contributed by atoms with Crippen LogP contribution in [0.1, 0.15) is 44.3 Å². The molecule has 4 rings (SSSR count). The largest absolute Gasteiger partial charge is 0.452 e. The van der Waals surface area contributed by atoms with E-state index in [0.29, 0.717) is 22.6 Å². The van der Waals surface area contributed by atoms with E-state index in [1.165, 1.54) is 5.56 Å². The van der Waals surface area contributed by atoms with Crippen LogP contribution in [0.25, 0.3) is 6.08 Å². The maximum absolute atomic E-state index is 12.6. The van der Waals surface area contributed by atoms with E-state index in [1.807, 2.05) is 43.3 Å². The number of rotatable bonds is 4. The van der Waals surface area contributed by atoms with Gasteiger partial charge in [-0.2, -0.15) is 0 Å². The van der Waals surface area contributed by atoms with Gasteiger partial charge in [0.25, 0.3) is 0 Å². The van der Waals surface area contributed by atoms with E-state index in [2.05, 4.69) is 6.92 Å². The highest BCUT2D eigenvalue weighted by Crippen LogP contribution is 2.35. The lowest BCUT2D eigenvalue weighted by molar-refractivity contribution is 0.0733. The fourth-order valence-electron chi connectivity index (χ4n) is 3.20. The van der Waals surface area contributed by atoms with Crippen LogP contribution in [0.15, 0.2) is 72.5 Å². The molecule has 0 saturated carbocycles. The van der Waals surface area contributed by atoms with Crippen LogP contribution in [-0.4, -0.2) is 11.8 Å². The highest BCUT2D eigenvalue weighted by atomic mass is 16.5. The Labute approximate surface area is 169 Å². The standard InChI is InChI=1S/C25H20O4/c1-3-17-8-10-18(11-9-17)14-23-24(26)21-13-12-19(15-22(21)29-23)28-25(27)20-7-5-4-6-16(20)2/h4-15H,3H2,1-2H3/b23-14-. The zero-order valence-electron chi connectivity index (χ0n) is 16.3. The highest BCUT2D eigenvalue weighted by Gasteiger charge is 2.28. The molecule has 0 saturated heterocycles. The van der Waals surface area contributed by atoms with Gasteiger partial charge in [0, 0.05) is 6.07 Å². The van der Waals surface area contributed by atoms with E-state index >= 15 is 0 Å². The summed E-state index contributed by atoms with van der Waals surface area (Å²) in [6, 6.07) is 20.0. The maximum atomic E-state index is 12.6. The van der Waals surface area contributed by atoms with Gasteiger partial charge in [0.1, 0.15) is 11.5 Å². The first-order chi connectivity index (χ1) is 14.0. The van der Waals surface area contributed by atoms with E-state index in [1.54, 1.807) is 36.4 Å². The predicted octanol–water partition coefficient (Wildman–Crippen LogP) is 5.39. The number of allylic oxidation sites excluding steroid dienone is 1. The lowest BCUT2D eigenvalue weighted by atomic mass is 10.1. The maximum Gasteiger partial charge on any atom is 0.343 e. The van der Waals surface area contributed by atoms with E-state index in [-0.39, 0.29) is 11.5 Å². The third-order valence-electron chi connectivity index (χ3n) is 4.90. The molecule has 0 fully saturated rings. The Balaban J connectivity index is 1.54. The molecule has 0 aliphatic carbocycles. The fraction of sp³-hybridized carbons (Fsp3) is 0.120. The molecule has 1 aliphatic heterocycles. The second-order valence-electron chi connectivity index (χ2n) is 6.90. The van der Waals surface area contributed by atoms with Crippen molar-refractivity contribution in [2.75, 3.05) is 0 Å². The summed E-state index contributed by atoms with van der Waals surface area (Å²) in [6.45, 7) is 3.95. The number of esters is 1. The Kier molecular flexibility index (Phi) is 5.00. The molecule has 3 aromatic rings. The number of ketones is 1. The zero-order chi connectivity index (χ0) is 20.4. The Morgan fingerprint density at radius 2 is 1.79 bits per heavy atom. The SMILES string of the molecule is CCc1ccc(/C=C2\Oc3cc(OC(=O)c4ccccc4C)ccc3C2=O)cc1. The van der Waals surface area contributed by atoms with E-state index in [0.717, 1.165) is 17.5 Å². The Hall–Kier alpha value is -3.66. The van der Waals surface area contributed by atoms with Crippen LogP contribution in [0.5, 0.6) is 11.5 Å². The first kappa shape index (κ1) is 18.7. The second-order valence-corrected chi connectivity index (χ2v) is 6.90. The topological polar surface area (TPSA) is 52.6 Å². The molecule has 0 N–H and O–H groups in total. The van der Waals surface area contributed by atoms with Crippen LogP contribution in [0, 0.1) is 6.92 Å². The molecule has 1 heterocycles. The van der Waals surface area contributed by atoms with Crippen molar-refractivity contribution in [2.45, 2.75) is 20.3 Å². The quantitative estimate of drug-likeness (QED) is 0.344. The van der Waals surface area contributed by atoms with Gasteiger partial charge in [-0.15, -0.1) is 0 Å². The summed E-state index contributed by atoms with van der Waals surface area (Å²) < 4.78 is 11.2. The highest BCUT2D eigenvalue weighted by molar-refractivity contribution is 6.14. The Morgan fingerprint density at radius 1 is 1.03 bits per heavy atom. The number of benzene rings is 3. The molecule has 0 atom stereocenters. The van der Waals surface area contributed by atoms with Crippen molar-refractivity contribution in [3.05, 3.63) is 100 Å². The molecule has 0 unspecified atom stereocenters. The van der Waals surface area contributed by atoms with Crippen LogP contribution in [0.2, 0.25) is 0 Å².